The molecule has 0 aliphatic heterocycles. The molecule has 2 aliphatic carbocycles. The number of ether oxygens (including phenoxy) is 2. The van der Waals surface area contributed by atoms with Crippen molar-refractivity contribution in [2.24, 2.45) is 23.7 Å². The molecule has 15 heavy (non-hydrogen) atoms. The van der Waals surface area contributed by atoms with E-state index in [-0.39, 0.29) is 0 Å². The van der Waals surface area contributed by atoms with Crippen LogP contribution in [0.15, 0.2) is 12.2 Å². The molecule has 2 rings (SSSR count). The molecule has 2 aliphatic rings. The maximum atomic E-state index is 5.59. The van der Waals surface area contributed by atoms with E-state index in [1.165, 1.54) is 6.42 Å². The average Bonchev–Trinajstić information content (AvgIpc) is 2.83. The second-order valence-corrected chi connectivity index (χ2v) is 4.59. The Morgan fingerprint density at radius 2 is 1.40 bits per heavy atom. The highest BCUT2D eigenvalue weighted by Crippen LogP contribution is 2.48. The minimum absolute atomic E-state index is 0.700. The van der Waals surface area contributed by atoms with Gasteiger partial charge in [-0.2, -0.15) is 0 Å². The van der Waals surface area contributed by atoms with Crippen molar-refractivity contribution >= 4 is 0 Å². The van der Waals surface area contributed by atoms with Crippen LogP contribution in [0.2, 0.25) is 0 Å². The smallest absolute Gasteiger partial charge is 0.0503 e. The molecule has 1 saturated carbocycles. The first-order chi connectivity index (χ1) is 7.36. The first kappa shape index (κ1) is 11.2. The molecule has 0 spiro atoms. The summed E-state index contributed by atoms with van der Waals surface area (Å²) in [6, 6.07) is 0. The Hall–Kier alpha value is -0.340. The Labute approximate surface area is 92.6 Å². The maximum absolute atomic E-state index is 5.59. The average molecular weight is 210 g/mol. The molecule has 86 valence electrons. The summed E-state index contributed by atoms with van der Waals surface area (Å²) in [4.78, 5) is 0. The van der Waals surface area contributed by atoms with Crippen LogP contribution in [0.25, 0.3) is 0 Å². The van der Waals surface area contributed by atoms with Gasteiger partial charge in [-0.1, -0.05) is 12.2 Å². The Kier molecular flexibility index (Phi) is 3.81. The summed E-state index contributed by atoms with van der Waals surface area (Å²) in [5.74, 6) is 2.91. The predicted molar refractivity (Wildman–Crippen MR) is 60.7 cm³/mol. The molecule has 4 atom stereocenters. The summed E-state index contributed by atoms with van der Waals surface area (Å²) in [6.45, 7) is 7.64. The van der Waals surface area contributed by atoms with E-state index < -0.39 is 0 Å². The van der Waals surface area contributed by atoms with Crippen LogP contribution in [0.3, 0.4) is 0 Å². The van der Waals surface area contributed by atoms with Gasteiger partial charge in [-0.15, -0.1) is 0 Å². The predicted octanol–water partition coefficient (Wildman–Crippen LogP) is 2.50. The summed E-state index contributed by atoms with van der Waals surface area (Å²) in [7, 11) is 0. The van der Waals surface area contributed by atoms with Crippen LogP contribution in [0, 0.1) is 23.7 Å². The molecule has 0 N–H and O–H groups in total. The highest BCUT2D eigenvalue weighted by molar-refractivity contribution is 5.13. The molecule has 0 heterocycles. The van der Waals surface area contributed by atoms with Crippen LogP contribution in [0.5, 0.6) is 0 Å². The molecule has 0 aromatic carbocycles. The van der Waals surface area contributed by atoms with E-state index in [0.29, 0.717) is 11.8 Å². The molecule has 0 aromatic heterocycles. The number of hydrogen-bond donors (Lipinski definition) is 0. The van der Waals surface area contributed by atoms with Gasteiger partial charge < -0.3 is 9.47 Å². The van der Waals surface area contributed by atoms with Gasteiger partial charge in [0.15, 0.2) is 0 Å². The molecule has 2 heteroatoms. The van der Waals surface area contributed by atoms with Crippen LogP contribution in [0.4, 0.5) is 0 Å². The standard InChI is InChI=1S/C13H22O2/c1-3-14-8-12-10-5-6-11(7-10)13(12)9-15-4-2/h5-6,10-13H,3-4,7-9H2,1-2H3. The highest BCUT2D eigenvalue weighted by Gasteiger charge is 2.44. The van der Waals surface area contributed by atoms with Crippen LogP contribution < -0.4 is 0 Å². The van der Waals surface area contributed by atoms with Crippen molar-refractivity contribution in [3.63, 3.8) is 0 Å². The molecule has 0 radical (unpaired) electrons. The first-order valence-electron chi connectivity index (χ1n) is 6.20. The Bertz CT molecular complexity index is 203. The molecule has 0 amide bonds. The van der Waals surface area contributed by atoms with Crippen molar-refractivity contribution in [2.75, 3.05) is 26.4 Å². The second kappa shape index (κ2) is 5.13. The summed E-state index contributed by atoms with van der Waals surface area (Å²) < 4.78 is 11.2. The van der Waals surface area contributed by atoms with Crippen molar-refractivity contribution in [3.05, 3.63) is 12.2 Å². The van der Waals surface area contributed by atoms with Gasteiger partial charge in [0, 0.05) is 13.2 Å². The minimum Gasteiger partial charge on any atom is -0.381 e. The van der Waals surface area contributed by atoms with E-state index in [0.717, 1.165) is 38.3 Å². The van der Waals surface area contributed by atoms with E-state index in [1.54, 1.807) is 0 Å². The van der Waals surface area contributed by atoms with E-state index in [9.17, 15) is 0 Å². The third-order valence-corrected chi connectivity index (χ3v) is 3.83. The van der Waals surface area contributed by atoms with Crippen molar-refractivity contribution in [2.45, 2.75) is 20.3 Å². The SMILES string of the molecule is CCOCC1C2C=CC(C2)C1COCC. The zero-order valence-corrected chi connectivity index (χ0v) is 9.82. The molecule has 1 fully saturated rings. The third kappa shape index (κ3) is 2.26. The van der Waals surface area contributed by atoms with E-state index in [2.05, 4.69) is 26.0 Å². The number of hydrogen-bond acceptors (Lipinski definition) is 2. The maximum Gasteiger partial charge on any atom is 0.0503 e. The van der Waals surface area contributed by atoms with Crippen LogP contribution in [0.1, 0.15) is 20.3 Å². The number of fused-ring (bicyclic) bond motifs is 2. The fourth-order valence-electron chi connectivity index (χ4n) is 3.03. The second-order valence-electron chi connectivity index (χ2n) is 4.59. The van der Waals surface area contributed by atoms with Gasteiger partial charge in [0.1, 0.15) is 0 Å². The van der Waals surface area contributed by atoms with E-state index >= 15 is 0 Å². The van der Waals surface area contributed by atoms with Gasteiger partial charge in [0.2, 0.25) is 0 Å². The van der Waals surface area contributed by atoms with Gasteiger partial charge in [0.05, 0.1) is 13.2 Å². The fraction of sp³-hybridized carbons (Fsp3) is 0.846. The highest BCUT2D eigenvalue weighted by atomic mass is 16.5. The molecule has 0 aromatic rings. The van der Waals surface area contributed by atoms with Crippen molar-refractivity contribution < 1.29 is 9.47 Å². The summed E-state index contributed by atoms with van der Waals surface area (Å²) in [5, 5.41) is 0. The molecular weight excluding hydrogens is 188 g/mol. The lowest BCUT2D eigenvalue weighted by Gasteiger charge is -2.27. The lowest BCUT2D eigenvalue weighted by molar-refractivity contribution is 0.0353. The Morgan fingerprint density at radius 3 is 1.80 bits per heavy atom. The zero-order chi connectivity index (χ0) is 10.7. The number of allylic oxidation sites excluding steroid dienone is 2. The monoisotopic (exact) mass is 210 g/mol. The fourth-order valence-corrected chi connectivity index (χ4v) is 3.03. The first-order valence-corrected chi connectivity index (χ1v) is 6.20. The van der Waals surface area contributed by atoms with Crippen molar-refractivity contribution in [1.29, 1.82) is 0 Å². The lowest BCUT2D eigenvalue weighted by Crippen LogP contribution is -2.28. The van der Waals surface area contributed by atoms with E-state index in [1.807, 2.05) is 0 Å². The molecule has 4 unspecified atom stereocenters. The quantitative estimate of drug-likeness (QED) is 0.627. The normalized spacial score (nSPS) is 37.7. The van der Waals surface area contributed by atoms with Crippen molar-refractivity contribution in [1.82, 2.24) is 0 Å². The van der Waals surface area contributed by atoms with Gasteiger partial charge in [-0.25, -0.2) is 0 Å². The number of rotatable bonds is 6. The Morgan fingerprint density at radius 1 is 0.933 bits per heavy atom. The zero-order valence-electron chi connectivity index (χ0n) is 9.82. The topological polar surface area (TPSA) is 18.5 Å². The van der Waals surface area contributed by atoms with Crippen LogP contribution >= 0.6 is 0 Å². The largest absolute Gasteiger partial charge is 0.381 e. The van der Waals surface area contributed by atoms with Crippen LogP contribution in [-0.2, 0) is 9.47 Å². The van der Waals surface area contributed by atoms with Gasteiger partial charge in [0.25, 0.3) is 0 Å². The summed E-state index contributed by atoms with van der Waals surface area (Å²) >= 11 is 0. The Balaban J connectivity index is 1.91. The minimum atomic E-state index is 0.700. The van der Waals surface area contributed by atoms with Gasteiger partial charge in [-0.3, -0.25) is 0 Å². The van der Waals surface area contributed by atoms with Gasteiger partial charge >= 0.3 is 0 Å². The molecular formula is C13H22O2. The van der Waals surface area contributed by atoms with Crippen molar-refractivity contribution in [3.8, 4) is 0 Å². The lowest BCUT2D eigenvalue weighted by atomic mass is 9.84. The molecule has 0 saturated heterocycles. The molecule has 2 nitrogen and oxygen atoms in total. The summed E-state index contributed by atoms with van der Waals surface area (Å²) in [5.41, 5.74) is 0. The summed E-state index contributed by atoms with van der Waals surface area (Å²) in [6.07, 6.45) is 6.10. The third-order valence-electron chi connectivity index (χ3n) is 3.83. The van der Waals surface area contributed by atoms with Gasteiger partial charge in [-0.05, 0) is 43.9 Å². The molecule has 2 bridgehead atoms. The van der Waals surface area contributed by atoms with Crippen LogP contribution in [-0.4, -0.2) is 26.4 Å². The van der Waals surface area contributed by atoms with E-state index in [4.69, 9.17) is 9.47 Å².